The maximum Gasteiger partial charge on any atom is 0.256 e. The van der Waals surface area contributed by atoms with Crippen LogP contribution in [0.25, 0.3) is 16.7 Å². The summed E-state index contributed by atoms with van der Waals surface area (Å²) in [5.41, 5.74) is 2.38. The number of para-hydroxylation sites is 1. The molecule has 1 amide bonds. The second kappa shape index (κ2) is 7.64. The Kier molecular flexibility index (Phi) is 5.00. The van der Waals surface area contributed by atoms with Crippen molar-refractivity contribution >= 4 is 40.0 Å². The summed E-state index contributed by atoms with van der Waals surface area (Å²) < 4.78 is 6.91. The summed E-state index contributed by atoms with van der Waals surface area (Å²) in [4.78, 5) is 21.6. The number of carbonyl (C=O) groups is 1. The molecule has 0 unspecified atom stereocenters. The van der Waals surface area contributed by atoms with Crippen molar-refractivity contribution in [1.82, 2.24) is 24.9 Å². The van der Waals surface area contributed by atoms with E-state index in [9.17, 15) is 9.90 Å². The highest BCUT2D eigenvalue weighted by molar-refractivity contribution is 6.00. The monoisotopic (exact) mass is 409 g/mol. The summed E-state index contributed by atoms with van der Waals surface area (Å²) in [6.45, 7) is 4.02. The first-order valence-electron chi connectivity index (χ1n) is 9.47. The van der Waals surface area contributed by atoms with Gasteiger partial charge in [0.25, 0.3) is 5.91 Å². The van der Waals surface area contributed by atoms with Gasteiger partial charge in [-0.05, 0) is 12.1 Å². The number of aromatic nitrogens is 4. The second-order valence-electron chi connectivity index (χ2n) is 7.70. The normalized spacial score (nSPS) is 11.7. The second-order valence-corrected chi connectivity index (χ2v) is 7.70. The molecular weight excluding hydrogens is 386 g/mol. The van der Waals surface area contributed by atoms with Crippen molar-refractivity contribution in [1.29, 1.82) is 0 Å². The van der Waals surface area contributed by atoms with Crippen LogP contribution in [0.4, 0.5) is 17.3 Å². The molecule has 0 aliphatic rings. The number of nitrogens with zero attached hydrogens (tertiary/aromatic N) is 4. The van der Waals surface area contributed by atoms with Crippen LogP contribution in [0.5, 0.6) is 0 Å². The average molecular weight is 409 g/mol. The van der Waals surface area contributed by atoms with Crippen LogP contribution in [0.3, 0.4) is 0 Å². The van der Waals surface area contributed by atoms with Crippen molar-refractivity contribution in [2.24, 2.45) is 5.41 Å². The van der Waals surface area contributed by atoms with E-state index in [0.29, 0.717) is 40.5 Å². The number of benzene rings is 1. The maximum atomic E-state index is 12.7. The third kappa shape index (κ3) is 3.64. The Morgan fingerprint density at radius 2 is 2.17 bits per heavy atom. The van der Waals surface area contributed by atoms with Gasteiger partial charge in [-0.3, -0.25) is 4.79 Å². The Morgan fingerprint density at radius 1 is 1.33 bits per heavy atom. The van der Waals surface area contributed by atoms with Crippen molar-refractivity contribution < 1.29 is 14.3 Å². The molecule has 0 fully saturated rings. The van der Waals surface area contributed by atoms with Crippen LogP contribution < -0.4 is 16.0 Å². The fraction of sp³-hybridized carbons (Fsp3) is 0.300. The lowest BCUT2D eigenvalue weighted by Crippen LogP contribution is -2.36. The number of oxazole rings is 1. The fourth-order valence-corrected chi connectivity index (χ4v) is 2.96. The van der Waals surface area contributed by atoms with E-state index in [-0.39, 0.29) is 12.5 Å². The van der Waals surface area contributed by atoms with Gasteiger partial charge in [0, 0.05) is 31.7 Å². The highest BCUT2D eigenvalue weighted by Gasteiger charge is 2.21. The van der Waals surface area contributed by atoms with Crippen LogP contribution >= 0.6 is 0 Å². The fourth-order valence-electron chi connectivity index (χ4n) is 2.96. The molecule has 0 atom stereocenters. The minimum atomic E-state index is -0.425. The van der Waals surface area contributed by atoms with Gasteiger partial charge in [0.1, 0.15) is 22.7 Å². The zero-order valence-corrected chi connectivity index (χ0v) is 16.9. The highest BCUT2D eigenvalue weighted by Crippen LogP contribution is 2.26. The quantitative estimate of drug-likeness (QED) is 0.366. The topological polar surface area (TPSA) is 130 Å². The largest absolute Gasteiger partial charge is 0.443 e. The lowest BCUT2D eigenvalue weighted by atomic mass is 9.95. The molecule has 1 aromatic carbocycles. The Morgan fingerprint density at radius 3 is 2.93 bits per heavy atom. The summed E-state index contributed by atoms with van der Waals surface area (Å²) in [6, 6.07) is 7.34. The molecule has 4 rings (SSSR count). The molecule has 0 aliphatic carbocycles. The van der Waals surface area contributed by atoms with Gasteiger partial charge in [0.2, 0.25) is 0 Å². The molecule has 0 saturated carbocycles. The number of fused-ring (bicyclic) bond motifs is 2. The van der Waals surface area contributed by atoms with Crippen LogP contribution in [-0.4, -0.2) is 50.8 Å². The van der Waals surface area contributed by atoms with Crippen LogP contribution in [0, 0.1) is 5.41 Å². The molecule has 156 valence electrons. The van der Waals surface area contributed by atoms with Gasteiger partial charge >= 0.3 is 0 Å². The molecule has 30 heavy (non-hydrogen) atoms. The van der Waals surface area contributed by atoms with E-state index in [1.54, 1.807) is 17.6 Å². The van der Waals surface area contributed by atoms with Crippen molar-refractivity contribution in [3.63, 3.8) is 0 Å². The predicted molar refractivity (Wildman–Crippen MR) is 113 cm³/mol. The van der Waals surface area contributed by atoms with Crippen molar-refractivity contribution in [3.05, 3.63) is 42.4 Å². The Hall–Kier alpha value is -3.66. The lowest BCUT2D eigenvalue weighted by molar-refractivity contribution is 0.0912. The Bertz CT molecular complexity index is 1210. The predicted octanol–water partition coefficient (Wildman–Crippen LogP) is 2.40. The van der Waals surface area contributed by atoms with Gasteiger partial charge in [-0.25, -0.2) is 9.97 Å². The Labute approximate surface area is 172 Å². The molecule has 4 aromatic rings. The zero-order chi connectivity index (χ0) is 21.3. The summed E-state index contributed by atoms with van der Waals surface area (Å²) in [7, 11) is 1.77. The van der Waals surface area contributed by atoms with Gasteiger partial charge in [0.15, 0.2) is 17.6 Å². The lowest BCUT2D eigenvalue weighted by Gasteiger charge is -2.21. The third-order valence-corrected chi connectivity index (χ3v) is 4.75. The van der Waals surface area contributed by atoms with Gasteiger partial charge in [0.05, 0.1) is 11.9 Å². The van der Waals surface area contributed by atoms with E-state index in [4.69, 9.17) is 4.42 Å². The van der Waals surface area contributed by atoms with E-state index >= 15 is 0 Å². The minimum absolute atomic E-state index is 0.0359. The number of aliphatic hydroxyl groups excluding tert-OH is 1. The van der Waals surface area contributed by atoms with E-state index in [1.807, 2.05) is 32.0 Å². The molecule has 0 bridgehead atoms. The van der Waals surface area contributed by atoms with E-state index in [1.165, 1.54) is 12.6 Å². The highest BCUT2D eigenvalue weighted by atomic mass is 16.3. The number of anilines is 3. The van der Waals surface area contributed by atoms with E-state index in [0.717, 1.165) is 5.69 Å². The SMILES string of the molecule is CNc1cc(Nc2cccc3ocnc23)nc2c(C(=O)NCC(C)(C)CO)cnn12. The number of rotatable bonds is 7. The first kappa shape index (κ1) is 19.6. The third-order valence-electron chi connectivity index (χ3n) is 4.75. The molecule has 0 spiro atoms. The smallest absolute Gasteiger partial charge is 0.256 e. The number of nitrogens with one attached hydrogen (secondary N) is 3. The van der Waals surface area contributed by atoms with Crippen molar-refractivity contribution in [2.75, 3.05) is 30.8 Å². The average Bonchev–Trinajstić information content (AvgIpc) is 3.39. The van der Waals surface area contributed by atoms with E-state index in [2.05, 4.69) is 31.0 Å². The summed E-state index contributed by atoms with van der Waals surface area (Å²) in [5, 5.41) is 22.8. The van der Waals surface area contributed by atoms with Crippen LogP contribution in [0.1, 0.15) is 24.2 Å². The van der Waals surface area contributed by atoms with Gasteiger partial charge in [-0.2, -0.15) is 9.61 Å². The molecule has 10 heteroatoms. The maximum absolute atomic E-state index is 12.7. The van der Waals surface area contributed by atoms with Gasteiger partial charge in [-0.1, -0.05) is 19.9 Å². The van der Waals surface area contributed by atoms with Crippen molar-refractivity contribution in [2.45, 2.75) is 13.8 Å². The summed E-state index contributed by atoms with van der Waals surface area (Å²) >= 11 is 0. The molecule has 0 aliphatic heterocycles. The molecular formula is C20H23N7O3. The molecule has 4 N–H and O–H groups in total. The summed E-state index contributed by atoms with van der Waals surface area (Å²) in [5.74, 6) is 0.869. The molecule has 3 heterocycles. The Balaban J connectivity index is 1.69. The minimum Gasteiger partial charge on any atom is -0.443 e. The van der Waals surface area contributed by atoms with Crippen LogP contribution in [0.2, 0.25) is 0 Å². The number of carbonyl (C=O) groups excluding carboxylic acids is 1. The molecule has 10 nitrogen and oxygen atoms in total. The number of amides is 1. The van der Waals surface area contributed by atoms with Crippen LogP contribution in [-0.2, 0) is 0 Å². The van der Waals surface area contributed by atoms with Gasteiger partial charge in [-0.15, -0.1) is 0 Å². The molecule has 0 radical (unpaired) electrons. The molecule has 3 aromatic heterocycles. The first-order chi connectivity index (χ1) is 14.4. The van der Waals surface area contributed by atoms with E-state index < -0.39 is 5.41 Å². The summed E-state index contributed by atoms with van der Waals surface area (Å²) in [6.07, 6.45) is 2.87. The number of aliphatic hydroxyl groups is 1. The van der Waals surface area contributed by atoms with Crippen molar-refractivity contribution in [3.8, 4) is 0 Å². The van der Waals surface area contributed by atoms with Gasteiger partial charge < -0.3 is 25.5 Å². The number of hydrogen-bond acceptors (Lipinski definition) is 8. The zero-order valence-electron chi connectivity index (χ0n) is 16.9. The van der Waals surface area contributed by atoms with Crippen LogP contribution in [0.15, 0.2) is 41.3 Å². The standard InChI is InChI=1S/C20H23N7O3/c1-20(2,10-28)9-22-19(29)12-8-24-27-16(21-3)7-15(26-18(12)27)25-13-5-4-6-14-17(13)23-11-30-14/h4-8,11,21,28H,9-10H2,1-3H3,(H,22,29)(H,25,26). The number of hydrogen-bond donors (Lipinski definition) is 4. The molecule has 0 saturated heterocycles. The first-order valence-corrected chi connectivity index (χ1v) is 9.47.